The lowest BCUT2D eigenvalue weighted by Crippen LogP contribution is -2.07. The van der Waals surface area contributed by atoms with Crippen LogP contribution < -0.4 is 0 Å². The van der Waals surface area contributed by atoms with Crippen LogP contribution in [0.1, 0.15) is 11.3 Å². The smallest absolute Gasteiger partial charge is 0.435 e. The number of aryl methyl sites for hydroxylation is 1. The van der Waals surface area contributed by atoms with Crippen molar-refractivity contribution in [1.82, 2.24) is 9.78 Å². The van der Waals surface area contributed by atoms with Gasteiger partial charge < -0.3 is 4.42 Å². The minimum atomic E-state index is -4.50. The summed E-state index contributed by atoms with van der Waals surface area (Å²) >= 11 is 0. The molecule has 2 heterocycles. The molecule has 0 unspecified atom stereocenters. The first-order valence-corrected chi connectivity index (χ1v) is 6.23. The van der Waals surface area contributed by atoms with Crippen molar-refractivity contribution in [2.75, 3.05) is 0 Å². The summed E-state index contributed by atoms with van der Waals surface area (Å²) in [7, 11) is 0. The summed E-state index contributed by atoms with van der Waals surface area (Å²) in [5.41, 5.74) is 0.870. The van der Waals surface area contributed by atoms with E-state index in [4.69, 9.17) is 4.42 Å². The number of nitrogens with zero attached hydrogens (tertiary/aromatic N) is 2. The summed E-state index contributed by atoms with van der Waals surface area (Å²) in [6, 6.07) is 11.3. The van der Waals surface area contributed by atoms with Crippen LogP contribution >= 0.6 is 0 Å². The Morgan fingerprint density at radius 1 is 1.10 bits per heavy atom. The molecule has 3 aromatic rings. The number of halogens is 3. The normalized spacial score (nSPS) is 11.8. The molecule has 2 aromatic heterocycles. The number of hydrogen-bond acceptors (Lipinski definition) is 2. The Balaban J connectivity index is 2.18. The molecule has 3 rings (SSSR count). The number of rotatable bonds is 2. The summed E-state index contributed by atoms with van der Waals surface area (Å²) in [6.07, 6.45) is -3.09. The van der Waals surface area contributed by atoms with Crippen LogP contribution in [0, 0.1) is 6.92 Å². The number of alkyl halides is 3. The Morgan fingerprint density at radius 3 is 2.38 bits per heavy atom. The molecule has 0 aliphatic carbocycles. The highest BCUT2D eigenvalue weighted by molar-refractivity contribution is 5.57. The first-order chi connectivity index (χ1) is 9.95. The van der Waals surface area contributed by atoms with Crippen LogP contribution in [0.3, 0.4) is 0 Å². The molecule has 0 fully saturated rings. The van der Waals surface area contributed by atoms with Gasteiger partial charge in [-0.05, 0) is 31.2 Å². The van der Waals surface area contributed by atoms with Crippen molar-refractivity contribution in [1.29, 1.82) is 0 Å². The second kappa shape index (κ2) is 4.80. The largest absolute Gasteiger partial charge is 0.463 e. The zero-order valence-electron chi connectivity index (χ0n) is 11.1. The Bertz CT molecular complexity index is 740. The van der Waals surface area contributed by atoms with Gasteiger partial charge in [0.2, 0.25) is 0 Å². The highest BCUT2D eigenvalue weighted by Gasteiger charge is 2.35. The van der Waals surface area contributed by atoms with Gasteiger partial charge in [-0.15, -0.1) is 0 Å². The first kappa shape index (κ1) is 13.5. The molecule has 0 saturated carbocycles. The highest BCUT2D eigenvalue weighted by atomic mass is 19.4. The Morgan fingerprint density at radius 2 is 1.81 bits per heavy atom. The fourth-order valence-electron chi connectivity index (χ4n) is 2.00. The molecule has 21 heavy (non-hydrogen) atoms. The van der Waals surface area contributed by atoms with E-state index in [1.807, 2.05) is 19.1 Å². The fraction of sp³-hybridized carbons (Fsp3) is 0.133. The zero-order chi connectivity index (χ0) is 15.0. The number of hydrogen-bond donors (Lipinski definition) is 0. The van der Waals surface area contributed by atoms with Crippen molar-refractivity contribution in [3.8, 4) is 17.1 Å². The molecule has 3 nitrogen and oxygen atoms in total. The lowest BCUT2D eigenvalue weighted by Gasteiger charge is -2.06. The molecule has 1 aromatic carbocycles. The third-order valence-electron chi connectivity index (χ3n) is 3.05. The van der Waals surface area contributed by atoms with Crippen molar-refractivity contribution < 1.29 is 17.6 Å². The molecule has 0 atom stereocenters. The van der Waals surface area contributed by atoms with E-state index in [-0.39, 0.29) is 5.69 Å². The van der Waals surface area contributed by atoms with Crippen LogP contribution in [-0.2, 0) is 6.18 Å². The Hall–Kier alpha value is -2.50. The van der Waals surface area contributed by atoms with Crippen LogP contribution in [0.4, 0.5) is 13.2 Å². The second-order valence-electron chi connectivity index (χ2n) is 4.64. The van der Waals surface area contributed by atoms with Gasteiger partial charge in [-0.25, -0.2) is 4.68 Å². The Labute approximate surface area is 118 Å². The molecule has 0 saturated heterocycles. The SMILES string of the molecule is Cc1ccc(-n2nc(C(F)(F)F)cc2-c2ccco2)cc1. The van der Waals surface area contributed by atoms with Crippen LogP contribution in [0.5, 0.6) is 0 Å². The van der Waals surface area contributed by atoms with Gasteiger partial charge in [0.1, 0.15) is 5.69 Å². The monoisotopic (exact) mass is 292 g/mol. The van der Waals surface area contributed by atoms with Gasteiger partial charge in [0.05, 0.1) is 12.0 Å². The van der Waals surface area contributed by atoms with E-state index in [9.17, 15) is 13.2 Å². The molecule has 0 aliphatic heterocycles. The third kappa shape index (κ3) is 2.56. The van der Waals surface area contributed by atoms with Gasteiger partial charge in [-0.2, -0.15) is 18.3 Å². The van der Waals surface area contributed by atoms with E-state index in [0.717, 1.165) is 11.6 Å². The number of aromatic nitrogens is 2. The highest BCUT2D eigenvalue weighted by Crippen LogP contribution is 2.33. The molecule has 0 radical (unpaired) electrons. The average Bonchev–Trinajstić information content (AvgIpc) is 3.07. The van der Waals surface area contributed by atoms with E-state index >= 15 is 0 Å². The molecule has 0 spiro atoms. The minimum absolute atomic E-state index is 0.260. The maximum absolute atomic E-state index is 12.9. The van der Waals surface area contributed by atoms with Crippen LogP contribution in [0.2, 0.25) is 0 Å². The molecule has 0 aliphatic rings. The fourth-order valence-corrected chi connectivity index (χ4v) is 2.00. The van der Waals surface area contributed by atoms with Crippen molar-refractivity contribution in [3.05, 3.63) is 60.0 Å². The molecule has 0 amide bonds. The first-order valence-electron chi connectivity index (χ1n) is 6.23. The maximum Gasteiger partial charge on any atom is 0.435 e. The molecule has 0 N–H and O–H groups in total. The zero-order valence-corrected chi connectivity index (χ0v) is 11.1. The maximum atomic E-state index is 12.9. The summed E-state index contributed by atoms with van der Waals surface area (Å²) in [6.45, 7) is 1.90. The standard InChI is InChI=1S/C15H11F3N2O/c1-10-4-6-11(7-5-10)20-12(13-3-2-8-21-13)9-14(19-20)15(16,17)18/h2-9H,1H3. The third-order valence-corrected chi connectivity index (χ3v) is 3.05. The van der Waals surface area contributed by atoms with Gasteiger partial charge in [-0.3, -0.25) is 0 Å². The predicted octanol–water partition coefficient (Wildman–Crippen LogP) is 4.46. The topological polar surface area (TPSA) is 31.0 Å². The van der Waals surface area contributed by atoms with Gasteiger partial charge in [0.25, 0.3) is 0 Å². The summed E-state index contributed by atoms with van der Waals surface area (Å²) in [5.74, 6) is 0.332. The number of benzene rings is 1. The van der Waals surface area contributed by atoms with Gasteiger partial charge in [0.15, 0.2) is 11.5 Å². The van der Waals surface area contributed by atoms with E-state index in [0.29, 0.717) is 11.4 Å². The van der Waals surface area contributed by atoms with Crippen LogP contribution in [0.25, 0.3) is 17.1 Å². The van der Waals surface area contributed by atoms with Crippen molar-refractivity contribution >= 4 is 0 Å². The molecular weight excluding hydrogens is 281 g/mol. The number of furan rings is 1. The average molecular weight is 292 g/mol. The molecule has 0 bridgehead atoms. The summed E-state index contributed by atoms with van der Waals surface area (Å²) in [5, 5.41) is 3.67. The van der Waals surface area contributed by atoms with Gasteiger partial charge >= 0.3 is 6.18 Å². The summed E-state index contributed by atoms with van der Waals surface area (Å²) < 4.78 is 45.1. The molecular formula is C15H11F3N2O. The minimum Gasteiger partial charge on any atom is -0.463 e. The van der Waals surface area contributed by atoms with Crippen LogP contribution in [-0.4, -0.2) is 9.78 Å². The quantitative estimate of drug-likeness (QED) is 0.698. The Kier molecular flexibility index (Phi) is 3.08. The summed E-state index contributed by atoms with van der Waals surface area (Å²) in [4.78, 5) is 0. The van der Waals surface area contributed by atoms with E-state index < -0.39 is 11.9 Å². The van der Waals surface area contributed by atoms with E-state index in [1.165, 1.54) is 10.9 Å². The lowest BCUT2D eigenvalue weighted by atomic mass is 10.2. The molecule has 6 heteroatoms. The van der Waals surface area contributed by atoms with Crippen molar-refractivity contribution in [2.45, 2.75) is 13.1 Å². The van der Waals surface area contributed by atoms with E-state index in [1.54, 1.807) is 24.3 Å². The van der Waals surface area contributed by atoms with Crippen molar-refractivity contribution in [2.24, 2.45) is 0 Å². The van der Waals surface area contributed by atoms with Crippen LogP contribution in [0.15, 0.2) is 53.1 Å². The van der Waals surface area contributed by atoms with Crippen molar-refractivity contribution in [3.63, 3.8) is 0 Å². The lowest BCUT2D eigenvalue weighted by molar-refractivity contribution is -0.141. The molecule has 108 valence electrons. The second-order valence-corrected chi connectivity index (χ2v) is 4.64. The van der Waals surface area contributed by atoms with E-state index in [2.05, 4.69) is 5.10 Å². The predicted molar refractivity (Wildman–Crippen MR) is 71.0 cm³/mol. The van der Waals surface area contributed by atoms with Gasteiger partial charge in [-0.1, -0.05) is 17.7 Å². The van der Waals surface area contributed by atoms with Gasteiger partial charge in [0, 0.05) is 6.07 Å².